The van der Waals surface area contributed by atoms with Crippen LogP contribution in [0.4, 0.5) is 4.39 Å². The van der Waals surface area contributed by atoms with Gasteiger partial charge in [-0.2, -0.15) is 0 Å². The van der Waals surface area contributed by atoms with Gasteiger partial charge < -0.3 is 19.3 Å². The molecule has 2 aromatic carbocycles. The highest BCUT2D eigenvalue weighted by Crippen LogP contribution is 2.26. The van der Waals surface area contributed by atoms with Crippen molar-refractivity contribution in [1.82, 2.24) is 0 Å². The van der Waals surface area contributed by atoms with Gasteiger partial charge in [-0.15, -0.1) is 0 Å². The normalized spacial score (nSPS) is 10.6. The minimum atomic E-state index is -0.478. The van der Waals surface area contributed by atoms with Gasteiger partial charge in [-0.1, -0.05) is 6.07 Å². The van der Waals surface area contributed by atoms with Crippen molar-refractivity contribution in [1.29, 1.82) is 0 Å². The molecule has 2 aromatic rings. The second-order valence-electron chi connectivity index (χ2n) is 5.09. The zero-order valence-electron chi connectivity index (χ0n) is 13.8. The second kappa shape index (κ2) is 9.32. The summed E-state index contributed by atoms with van der Waals surface area (Å²) < 4.78 is 28.2. The third-order valence-corrected chi connectivity index (χ3v) is 3.23. The number of halogens is 1. The molecule has 0 aromatic heterocycles. The van der Waals surface area contributed by atoms with Crippen LogP contribution >= 0.6 is 0 Å². The molecule has 0 aliphatic carbocycles. The van der Waals surface area contributed by atoms with Gasteiger partial charge in [0.1, 0.15) is 11.6 Å². The molecule has 0 saturated carbocycles. The van der Waals surface area contributed by atoms with Gasteiger partial charge in [0.2, 0.25) is 0 Å². The fourth-order valence-electron chi connectivity index (χ4n) is 1.96. The molecule has 6 heteroatoms. The van der Waals surface area contributed by atoms with Gasteiger partial charge in [-0.25, -0.2) is 9.18 Å². The molecule has 0 saturated heterocycles. The summed E-state index contributed by atoms with van der Waals surface area (Å²) in [5.41, 5.74) is 0.700. The number of esters is 1. The van der Waals surface area contributed by atoms with Crippen LogP contribution in [0.3, 0.4) is 0 Å². The molecule has 0 atom stereocenters. The fourth-order valence-corrected chi connectivity index (χ4v) is 1.96. The molecule has 0 spiro atoms. The number of hydrogen-bond acceptors (Lipinski definition) is 5. The lowest BCUT2D eigenvalue weighted by Crippen LogP contribution is -2.06. The maximum absolute atomic E-state index is 12.7. The van der Waals surface area contributed by atoms with Crippen molar-refractivity contribution in [3.8, 4) is 17.2 Å². The number of phenolic OH excluding ortho intramolecular Hbond substituents is 1. The van der Waals surface area contributed by atoms with Crippen molar-refractivity contribution >= 4 is 12.0 Å². The summed E-state index contributed by atoms with van der Waals surface area (Å²) in [7, 11) is 1.45. The minimum Gasteiger partial charge on any atom is -0.504 e. The van der Waals surface area contributed by atoms with E-state index in [0.717, 1.165) is 0 Å². The largest absolute Gasteiger partial charge is 0.504 e. The average molecular weight is 346 g/mol. The summed E-state index contributed by atoms with van der Waals surface area (Å²) >= 11 is 0. The highest BCUT2D eigenvalue weighted by Gasteiger charge is 2.02. The van der Waals surface area contributed by atoms with Crippen molar-refractivity contribution in [3.05, 3.63) is 59.9 Å². The third kappa shape index (κ3) is 6.18. The van der Waals surface area contributed by atoms with Crippen molar-refractivity contribution in [2.24, 2.45) is 0 Å². The van der Waals surface area contributed by atoms with Gasteiger partial charge in [-0.05, 0) is 48.0 Å². The van der Waals surface area contributed by atoms with Crippen molar-refractivity contribution in [3.63, 3.8) is 0 Å². The SMILES string of the molecule is COc1cc(/C=C/C(=O)OCCCOc2ccc(F)cc2)ccc1O. The number of hydrogen-bond donors (Lipinski definition) is 1. The van der Waals surface area contributed by atoms with Gasteiger partial charge in [0.25, 0.3) is 0 Å². The van der Waals surface area contributed by atoms with Gasteiger partial charge >= 0.3 is 5.97 Å². The number of aromatic hydroxyl groups is 1. The van der Waals surface area contributed by atoms with Crippen molar-refractivity contribution < 1.29 is 28.5 Å². The molecular formula is C19H19FO5. The molecule has 0 heterocycles. The number of phenols is 1. The number of carbonyl (C=O) groups excluding carboxylic acids is 1. The fraction of sp³-hybridized carbons (Fsp3) is 0.211. The topological polar surface area (TPSA) is 65.0 Å². The first kappa shape index (κ1) is 18.3. The average Bonchev–Trinajstić information content (AvgIpc) is 2.62. The molecule has 0 fully saturated rings. The van der Waals surface area contributed by atoms with E-state index < -0.39 is 5.97 Å². The maximum Gasteiger partial charge on any atom is 0.330 e. The van der Waals surface area contributed by atoms with E-state index in [9.17, 15) is 14.3 Å². The van der Waals surface area contributed by atoms with Gasteiger partial charge in [0, 0.05) is 12.5 Å². The minimum absolute atomic E-state index is 0.0309. The molecule has 0 radical (unpaired) electrons. The van der Waals surface area contributed by atoms with E-state index in [2.05, 4.69) is 0 Å². The van der Waals surface area contributed by atoms with E-state index in [1.807, 2.05) is 0 Å². The Morgan fingerprint density at radius 2 is 1.92 bits per heavy atom. The highest BCUT2D eigenvalue weighted by molar-refractivity contribution is 5.87. The first-order valence-electron chi connectivity index (χ1n) is 7.68. The Kier molecular flexibility index (Phi) is 6.83. The van der Waals surface area contributed by atoms with Crippen LogP contribution in [0.1, 0.15) is 12.0 Å². The van der Waals surface area contributed by atoms with Gasteiger partial charge in [0.15, 0.2) is 11.5 Å². The Morgan fingerprint density at radius 3 is 2.64 bits per heavy atom. The van der Waals surface area contributed by atoms with E-state index in [1.54, 1.807) is 18.2 Å². The quantitative estimate of drug-likeness (QED) is 0.450. The summed E-state index contributed by atoms with van der Waals surface area (Å²) in [5, 5.41) is 9.50. The molecule has 0 amide bonds. The lowest BCUT2D eigenvalue weighted by Gasteiger charge is -2.06. The molecule has 1 N–H and O–H groups in total. The molecule has 0 aliphatic rings. The van der Waals surface area contributed by atoms with E-state index >= 15 is 0 Å². The Balaban J connectivity index is 1.69. The summed E-state index contributed by atoms with van der Waals surface area (Å²) in [6.45, 7) is 0.570. The van der Waals surface area contributed by atoms with Crippen LogP contribution in [0.25, 0.3) is 6.08 Å². The number of carbonyl (C=O) groups is 1. The third-order valence-electron chi connectivity index (χ3n) is 3.23. The molecule has 132 valence electrons. The Labute approximate surface area is 145 Å². The first-order chi connectivity index (χ1) is 12.1. The smallest absolute Gasteiger partial charge is 0.330 e. The molecule has 5 nitrogen and oxygen atoms in total. The lowest BCUT2D eigenvalue weighted by molar-refractivity contribution is -0.137. The Morgan fingerprint density at radius 1 is 1.16 bits per heavy atom. The summed E-state index contributed by atoms with van der Waals surface area (Å²) in [4.78, 5) is 11.6. The number of rotatable bonds is 8. The predicted octanol–water partition coefficient (Wildman–Crippen LogP) is 3.57. The van der Waals surface area contributed by atoms with Gasteiger partial charge in [0.05, 0.1) is 20.3 Å². The van der Waals surface area contributed by atoms with Crippen molar-refractivity contribution in [2.75, 3.05) is 20.3 Å². The van der Waals surface area contributed by atoms with E-state index in [0.29, 0.717) is 30.1 Å². The van der Waals surface area contributed by atoms with Gasteiger partial charge in [-0.3, -0.25) is 0 Å². The number of benzene rings is 2. The summed E-state index contributed by atoms with van der Waals surface area (Å²) in [5.74, 6) is 0.124. The number of ether oxygens (including phenoxy) is 3. The summed E-state index contributed by atoms with van der Waals surface area (Å²) in [6, 6.07) is 10.5. The predicted molar refractivity (Wildman–Crippen MR) is 91.2 cm³/mol. The first-order valence-corrected chi connectivity index (χ1v) is 7.68. The number of methoxy groups -OCH3 is 1. The monoisotopic (exact) mass is 346 g/mol. The molecular weight excluding hydrogens is 327 g/mol. The highest BCUT2D eigenvalue weighted by atomic mass is 19.1. The van der Waals surface area contributed by atoms with E-state index in [1.165, 1.54) is 43.5 Å². The standard InChI is InChI=1S/C19H19FO5/c1-23-18-13-14(3-9-17(18)21)4-10-19(22)25-12-2-11-24-16-7-5-15(20)6-8-16/h3-10,13,21H,2,11-12H2,1H3/b10-4+. The van der Waals surface area contributed by atoms with E-state index in [4.69, 9.17) is 14.2 Å². The molecule has 0 aliphatic heterocycles. The Bertz CT molecular complexity index is 725. The molecule has 0 unspecified atom stereocenters. The van der Waals surface area contributed by atoms with Crippen LogP contribution in [0.5, 0.6) is 17.2 Å². The van der Waals surface area contributed by atoms with E-state index in [-0.39, 0.29) is 18.2 Å². The summed E-state index contributed by atoms with van der Waals surface area (Å²) in [6.07, 6.45) is 3.38. The molecule has 0 bridgehead atoms. The maximum atomic E-state index is 12.7. The Hall–Kier alpha value is -3.02. The van der Waals surface area contributed by atoms with Crippen LogP contribution < -0.4 is 9.47 Å². The zero-order valence-corrected chi connectivity index (χ0v) is 13.8. The van der Waals surface area contributed by atoms with Crippen LogP contribution in [0, 0.1) is 5.82 Å². The lowest BCUT2D eigenvalue weighted by atomic mass is 10.2. The van der Waals surface area contributed by atoms with Crippen LogP contribution in [-0.4, -0.2) is 31.4 Å². The van der Waals surface area contributed by atoms with Crippen LogP contribution in [0.15, 0.2) is 48.5 Å². The van der Waals surface area contributed by atoms with Crippen molar-refractivity contribution in [2.45, 2.75) is 6.42 Å². The van der Waals surface area contributed by atoms with Crippen LogP contribution in [-0.2, 0) is 9.53 Å². The zero-order chi connectivity index (χ0) is 18.1. The second-order valence-corrected chi connectivity index (χ2v) is 5.09. The molecule has 25 heavy (non-hydrogen) atoms. The van der Waals surface area contributed by atoms with Crippen LogP contribution in [0.2, 0.25) is 0 Å². The molecule has 2 rings (SSSR count).